The minimum Gasteiger partial charge on any atom is -0.343 e. The van der Waals surface area contributed by atoms with Crippen LogP contribution >= 0.6 is 0 Å². The second kappa shape index (κ2) is 7.77. The third-order valence-electron chi connectivity index (χ3n) is 4.90. The maximum atomic E-state index is 12.5. The van der Waals surface area contributed by atoms with Gasteiger partial charge in [0.05, 0.1) is 0 Å². The summed E-state index contributed by atoms with van der Waals surface area (Å²) in [5.41, 5.74) is 2.62. The van der Waals surface area contributed by atoms with Gasteiger partial charge in [0.2, 0.25) is 5.91 Å². The summed E-state index contributed by atoms with van der Waals surface area (Å²) in [6.45, 7) is 8.60. The number of hydrogen-bond donors (Lipinski definition) is 1. The largest absolute Gasteiger partial charge is 0.343 e. The molecule has 1 atom stereocenters. The molecule has 1 fully saturated rings. The SMILES string of the molecule is CC(C)c1ccc(C(C)CC(=O)N(C)C2CCNCC2)cc1. The Morgan fingerprint density at radius 3 is 2.23 bits per heavy atom. The highest BCUT2D eigenvalue weighted by molar-refractivity contribution is 5.77. The van der Waals surface area contributed by atoms with Crippen molar-refractivity contribution in [3.63, 3.8) is 0 Å². The van der Waals surface area contributed by atoms with E-state index in [0.717, 1.165) is 25.9 Å². The predicted octanol–water partition coefficient (Wildman–Crippen LogP) is 3.51. The molecular formula is C19H30N2O. The van der Waals surface area contributed by atoms with Crippen molar-refractivity contribution in [2.45, 2.75) is 57.9 Å². The minimum atomic E-state index is 0.271. The Hall–Kier alpha value is -1.35. The monoisotopic (exact) mass is 302 g/mol. The average Bonchev–Trinajstić information content (AvgIpc) is 2.54. The molecule has 1 heterocycles. The lowest BCUT2D eigenvalue weighted by Gasteiger charge is -2.32. The Balaban J connectivity index is 1.92. The molecule has 122 valence electrons. The van der Waals surface area contributed by atoms with Gasteiger partial charge in [0.15, 0.2) is 0 Å². The third kappa shape index (κ3) is 4.33. The first-order valence-electron chi connectivity index (χ1n) is 8.55. The number of hydrogen-bond acceptors (Lipinski definition) is 2. The van der Waals surface area contributed by atoms with Gasteiger partial charge in [0.25, 0.3) is 0 Å². The lowest BCUT2D eigenvalue weighted by Crippen LogP contribution is -2.44. The minimum absolute atomic E-state index is 0.271. The van der Waals surface area contributed by atoms with Crippen molar-refractivity contribution in [1.82, 2.24) is 10.2 Å². The van der Waals surface area contributed by atoms with E-state index in [1.165, 1.54) is 11.1 Å². The normalized spacial score (nSPS) is 17.5. The number of amides is 1. The van der Waals surface area contributed by atoms with E-state index >= 15 is 0 Å². The fraction of sp³-hybridized carbons (Fsp3) is 0.632. The van der Waals surface area contributed by atoms with Gasteiger partial charge in [-0.15, -0.1) is 0 Å². The van der Waals surface area contributed by atoms with Gasteiger partial charge in [-0.2, -0.15) is 0 Å². The van der Waals surface area contributed by atoms with Gasteiger partial charge >= 0.3 is 0 Å². The van der Waals surface area contributed by atoms with Crippen LogP contribution in [0.1, 0.15) is 63.0 Å². The zero-order chi connectivity index (χ0) is 16.1. The van der Waals surface area contributed by atoms with Crippen molar-refractivity contribution in [3.05, 3.63) is 35.4 Å². The summed E-state index contributed by atoms with van der Waals surface area (Å²) in [7, 11) is 1.97. The van der Waals surface area contributed by atoms with Crippen LogP contribution in [0.15, 0.2) is 24.3 Å². The van der Waals surface area contributed by atoms with E-state index in [4.69, 9.17) is 0 Å². The lowest BCUT2D eigenvalue weighted by atomic mass is 9.93. The van der Waals surface area contributed by atoms with Crippen LogP contribution in [0.2, 0.25) is 0 Å². The number of rotatable bonds is 5. The van der Waals surface area contributed by atoms with Gasteiger partial charge in [-0.1, -0.05) is 45.0 Å². The van der Waals surface area contributed by atoms with Crippen LogP contribution in [-0.2, 0) is 4.79 Å². The van der Waals surface area contributed by atoms with Gasteiger partial charge < -0.3 is 10.2 Å². The van der Waals surface area contributed by atoms with E-state index in [1.807, 2.05) is 11.9 Å². The Morgan fingerprint density at radius 1 is 1.14 bits per heavy atom. The van der Waals surface area contributed by atoms with Crippen molar-refractivity contribution in [3.8, 4) is 0 Å². The Morgan fingerprint density at radius 2 is 1.68 bits per heavy atom. The molecule has 1 aliphatic heterocycles. The fourth-order valence-electron chi connectivity index (χ4n) is 3.13. The first-order valence-corrected chi connectivity index (χ1v) is 8.55. The van der Waals surface area contributed by atoms with E-state index in [0.29, 0.717) is 18.4 Å². The maximum absolute atomic E-state index is 12.5. The summed E-state index contributed by atoms with van der Waals surface area (Å²) in [5.74, 6) is 1.10. The van der Waals surface area contributed by atoms with E-state index in [2.05, 4.69) is 50.4 Å². The summed E-state index contributed by atoms with van der Waals surface area (Å²) >= 11 is 0. The van der Waals surface area contributed by atoms with Gasteiger partial charge in [-0.25, -0.2) is 0 Å². The smallest absolute Gasteiger partial charge is 0.223 e. The highest BCUT2D eigenvalue weighted by Gasteiger charge is 2.23. The second-order valence-electron chi connectivity index (χ2n) is 6.91. The quantitative estimate of drug-likeness (QED) is 0.902. The molecule has 0 spiro atoms. The Labute approximate surface area is 135 Å². The molecule has 1 unspecified atom stereocenters. The summed E-state index contributed by atoms with van der Waals surface area (Å²) < 4.78 is 0. The van der Waals surface area contributed by atoms with Crippen molar-refractivity contribution in [1.29, 1.82) is 0 Å². The molecular weight excluding hydrogens is 272 g/mol. The van der Waals surface area contributed by atoms with Crippen molar-refractivity contribution in [2.24, 2.45) is 0 Å². The molecule has 3 heteroatoms. The van der Waals surface area contributed by atoms with Crippen LogP contribution < -0.4 is 5.32 Å². The Bertz CT molecular complexity index is 475. The molecule has 22 heavy (non-hydrogen) atoms. The highest BCUT2D eigenvalue weighted by atomic mass is 16.2. The van der Waals surface area contributed by atoms with Crippen LogP contribution in [0, 0.1) is 0 Å². The topological polar surface area (TPSA) is 32.3 Å². The molecule has 0 aliphatic carbocycles. The molecule has 0 saturated carbocycles. The van der Waals surface area contributed by atoms with Gasteiger partial charge in [0, 0.05) is 19.5 Å². The molecule has 1 N–H and O–H groups in total. The zero-order valence-corrected chi connectivity index (χ0v) is 14.4. The number of nitrogens with zero attached hydrogens (tertiary/aromatic N) is 1. The molecule has 1 amide bonds. The van der Waals surface area contributed by atoms with Gasteiger partial charge in [-0.3, -0.25) is 4.79 Å². The zero-order valence-electron chi connectivity index (χ0n) is 14.4. The van der Waals surface area contributed by atoms with Crippen molar-refractivity contribution >= 4 is 5.91 Å². The summed E-state index contributed by atoms with van der Waals surface area (Å²) in [5, 5.41) is 3.35. The van der Waals surface area contributed by atoms with E-state index in [1.54, 1.807) is 0 Å². The second-order valence-corrected chi connectivity index (χ2v) is 6.91. The van der Waals surface area contributed by atoms with E-state index < -0.39 is 0 Å². The standard InChI is InChI=1S/C19H30N2O/c1-14(2)16-5-7-17(8-6-16)15(3)13-19(22)21(4)18-9-11-20-12-10-18/h5-8,14-15,18,20H,9-13H2,1-4H3. The summed E-state index contributed by atoms with van der Waals surface area (Å²) in [6.07, 6.45) is 2.74. The van der Waals surface area contributed by atoms with E-state index in [9.17, 15) is 4.79 Å². The first-order chi connectivity index (χ1) is 10.5. The molecule has 1 saturated heterocycles. The van der Waals surface area contributed by atoms with Crippen LogP contribution in [0.4, 0.5) is 0 Å². The fourth-order valence-corrected chi connectivity index (χ4v) is 3.13. The molecule has 1 aliphatic rings. The van der Waals surface area contributed by atoms with E-state index in [-0.39, 0.29) is 11.8 Å². The van der Waals surface area contributed by atoms with Crippen LogP contribution in [0.3, 0.4) is 0 Å². The van der Waals surface area contributed by atoms with Crippen LogP contribution in [0.5, 0.6) is 0 Å². The molecule has 1 aromatic rings. The molecule has 1 aromatic carbocycles. The van der Waals surface area contributed by atoms with Crippen molar-refractivity contribution in [2.75, 3.05) is 20.1 Å². The lowest BCUT2D eigenvalue weighted by molar-refractivity contribution is -0.132. The maximum Gasteiger partial charge on any atom is 0.223 e. The first kappa shape index (κ1) is 17.0. The van der Waals surface area contributed by atoms with Gasteiger partial charge in [-0.05, 0) is 48.9 Å². The van der Waals surface area contributed by atoms with Crippen LogP contribution in [-0.4, -0.2) is 37.0 Å². The summed E-state index contributed by atoms with van der Waals surface area (Å²) in [6, 6.07) is 9.15. The van der Waals surface area contributed by atoms with Crippen molar-refractivity contribution < 1.29 is 4.79 Å². The molecule has 0 bridgehead atoms. The summed E-state index contributed by atoms with van der Waals surface area (Å²) in [4.78, 5) is 14.5. The average molecular weight is 302 g/mol. The number of carbonyl (C=O) groups is 1. The molecule has 0 radical (unpaired) electrons. The Kier molecular flexibility index (Phi) is 6.01. The predicted molar refractivity (Wildman–Crippen MR) is 92.2 cm³/mol. The number of nitrogens with one attached hydrogen (secondary N) is 1. The molecule has 3 nitrogen and oxygen atoms in total. The molecule has 0 aromatic heterocycles. The third-order valence-corrected chi connectivity index (χ3v) is 4.90. The number of carbonyl (C=O) groups excluding carboxylic acids is 1. The van der Waals surface area contributed by atoms with Gasteiger partial charge in [0.1, 0.15) is 0 Å². The highest BCUT2D eigenvalue weighted by Crippen LogP contribution is 2.23. The van der Waals surface area contributed by atoms with Crippen LogP contribution in [0.25, 0.3) is 0 Å². The number of benzene rings is 1. The molecule has 2 rings (SSSR count). The number of piperidine rings is 1.